The summed E-state index contributed by atoms with van der Waals surface area (Å²) in [5.41, 5.74) is 2.53. The molecule has 3 aromatic rings. The van der Waals surface area contributed by atoms with Gasteiger partial charge in [0.05, 0.1) is 11.4 Å². The molecule has 0 saturated heterocycles. The number of rotatable bonds is 2. The molecule has 18 heavy (non-hydrogen) atoms. The Morgan fingerprint density at radius 2 is 2.28 bits per heavy atom. The maximum Gasteiger partial charge on any atom is 0.216 e. The van der Waals surface area contributed by atoms with E-state index in [-0.39, 0.29) is 5.88 Å². The van der Waals surface area contributed by atoms with Crippen molar-refractivity contribution in [1.29, 1.82) is 0 Å². The Morgan fingerprint density at radius 1 is 1.39 bits per heavy atom. The minimum absolute atomic E-state index is 0.0968. The Labute approximate surface area is 107 Å². The number of aryl methyl sites for hydroxylation is 1. The summed E-state index contributed by atoms with van der Waals surface area (Å²) in [6.07, 6.45) is 3.48. The van der Waals surface area contributed by atoms with Crippen LogP contribution in [0, 0.1) is 6.92 Å². The molecule has 3 rings (SSSR count). The van der Waals surface area contributed by atoms with E-state index in [1.165, 1.54) is 16.0 Å². The molecule has 0 unspecified atom stereocenters. The van der Waals surface area contributed by atoms with Gasteiger partial charge in [0.25, 0.3) is 0 Å². The van der Waals surface area contributed by atoms with Gasteiger partial charge in [0, 0.05) is 29.4 Å². The van der Waals surface area contributed by atoms with E-state index in [0.717, 1.165) is 17.0 Å². The summed E-state index contributed by atoms with van der Waals surface area (Å²) in [5.74, 6) is 0.0968. The molecule has 0 atom stereocenters. The number of hydrogen-bond acceptors (Lipinski definition) is 5. The van der Waals surface area contributed by atoms with E-state index in [4.69, 9.17) is 0 Å². The molecule has 0 aliphatic carbocycles. The minimum Gasteiger partial charge on any atom is -0.493 e. The molecule has 0 fully saturated rings. The molecule has 0 aliphatic rings. The van der Waals surface area contributed by atoms with E-state index in [0.29, 0.717) is 5.13 Å². The van der Waals surface area contributed by atoms with Crippen molar-refractivity contribution >= 4 is 11.3 Å². The Morgan fingerprint density at radius 3 is 2.94 bits per heavy atom. The minimum atomic E-state index is 0.0968. The maximum atomic E-state index is 9.72. The molecule has 0 aromatic carbocycles. The second-order valence-corrected chi connectivity index (χ2v) is 4.65. The number of aromatic nitrogens is 4. The van der Waals surface area contributed by atoms with Gasteiger partial charge in [0.1, 0.15) is 0 Å². The van der Waals surface area contributed by atoms with Crippen molar-refractivity contribution < 1.29 is 5.11 Å². The van der Waals surface area contributed by atoms with Gasteiger partial charge in [-0.15, -0.1) is 11.3 Å². The van der Waals surface area contributed by atoms with Crippen LogP contribution in [-0.4, -0.2) is 24.9 Å². The predicted octanol–water partition coefficient (Wildman–Crippen LogP) is 2.40. The van der Waals surface area contributed by atoms with Crippen LogP contribution >= 0.6 is 11.3 Å². The first-order chi connectivity index (χ1) is 8.74. The molecule has 0 aliphatic heterocycles. The third kappa shape index (κ3) is 1.86. The van der Waals surface area contributed by atoms with Crippen LogP contribution in [0.3, 0.4) is 0 Å². The summed E-state index contributed by atoms with van der Waals surface area (Å²) in [5, 5.41) is 16.5. The third-order valence-electron chi connectivity index (χ3n) is 2.44. The van der Waals surface area contributed by atoms with Gasteiger partial charge in [-0.05, 0) is 19.1 Å². The molecule has 0 saturated carbocycles. The fraction of sp³-hybridized carbons (Fsp3) is 0.0833. The van der Waals surface area contributed by atoms with E-state index in [1.54, 1.807) is 18.5 Å². The average Bonchev–Trinajstić information content (AvgIpc) is 2.97. The summed E-state index contributed by atoms with van der Waals surface area (Å²) < 4.78 is 1.43. The molecule has 0 radical (unpaired) electrons. The zero-order chi connectivity index (χ0) is 12.5. The smallest absolute Gasteiger partial charge is 0.216 e. The maximum absolute atomic E-state index is 9.72. The van der Waals surface area contributed by atoms with E-state index >= 15 is 0 Å². The molecule has 0 bridgehead atoms. The van der Waals surface area contributed by atoms with Gasteiger partial charge >= 0.3 is 0 Å². The van der Waals surface area contributed by atoms with Gasteiger partial charge in [-0.25, -0.2) is 4.98 Å². The van der Waals surface area contributed by atoms with E-state index in [2.05, 4.69) is 15.1 Å². The van der Waals surface area contributed by atoms with Crippen LogP contribution in [0.5, 0.6) is 5.88 Å². The average molecular weight is 258 g/mol. The van der Waals surface area contributed by atoms with Crippen LogP contribution in [0.15, 0.2) is 36.0 Å². The molecule has 0 amide bonds. The van der Waals surface area contributed by atoms with E-state index < -0.39 is 0 Å². The normalized spacial score (nSPS) is 10.7. The van der Waals surface area contributed by atoms with Crippen molar-refractivity contribution in [1.82, 2.24) is 19.7 Å². The molecule has 0 spiro atoms. The molecular formula is C12H10N4OS. The summed E-state index contributed by atoms with van der Waals surface area (Å²) in [4.78, 5) is 8.50. The quantitative estimate of drug-likeness (QED) is 0.766. The van der Waals surface area contributed by atoms with E-state index in [9.17, 15) is 5.11 Å². The van der Waals surface area contributed by atoms with Crippen LogP contribution in [-0.2, 0) is 0 Å². The largest absolute Gasteiger partial charge is 0.493 e. The third-order valence-corrected chi connectivity index (χ3v) is 3.26. The monoisotopic (exact) mass is 258 g/mol. The molecular weight excluding hydrogens is 248 g/mol. The van der Waals surface area contributed by atoms with Crippen LogP contribution in [0.2, 0.25) is 0 Å². The summed E-state index contributed by atoms with van der Waals surface area (Å²) in [7, 11) is 0. The molecule has 5 nitrogen and oxygen atoms in total. The zero-order valence-corrected chi connectivity index (χ0v) is 10.4. The van der Waals surface area contributed by atoms with Crippen molar-refractivity contribution in [3.8, 4) is 22.3 Å². The topological polar surface area (TPSA) is 63.8 Å². The predicted molar refractivity (Wildman–Crippen MR) is 68.9 cm³/mol. The second kappa shape index (κ2) is 4.23. The van der Waals surface area contributed by atoms with Gasteiger partial charge < -0.3 is 5.11 Å². The molecule has 3 heterocycles. The van der Waals surface area contributed by atoms with Crippen molar-refractivity contribution in [3.05, 3.63) is 41.7 Å². The lowest BCUT2D eigenvalue weighted by molar-refractivity contribution is 0.433. The highest BCUT2D eigenvalue weighted by atomic mass is 32.1. The molecule has 90 valence electrons. The fourth-order valence-electron chi connectivity index (χ4n) is 1.63. The van der Waals surface area contributed by atoms with Crippen molar-refractivity contribution in [2.45, 2.75) is 6.92 Å². The van der Waals surface area contributed by atoms with Gasteiger partial charge in [-0.3, -0.25) is 4.98 Å². The van der Waals surface area contributed by atoms with Gasteiger partial charge in [-0.2, -0.15) is 9.78 Å². The number of nitrogens with zero attached hydrogens (tertiary/aromatic N) is 4. The van der Waals surface area contributed by atoms with Crippen molar-refractivity contribution in [3.63, 3.8) is 0 Å². The lowest BCUT2D eigenvalue weighted by atomic mass is 10.2. The second-order valence-electron chi connectivity index (χ2n) is 3.81. The number of hydrogen-bond donors (Lipinski definition) is 1. The number of aromatic hydroxyl groups is 1. The van der Waals surface area contributed by atoms with Crippen molar-refractivity contribution in [2.24, 2.45) is 0 Å². The molecule has 3 aromatic heterocycles. The van der Waals surface area contributed by atoms with Crippen LogP contribution < -0.4 is 0 Å². The Hall–Kier alpha value is -2.21. The highest BCUT2D eigenvalue weighted by molar-refractivity contribution is 7.12. The Bertz CT molecular complexity index is 674. The molecule has 1 N–H and O–H groups in total. The van der Waals surface area contributed by atoms with E-state index in [1.807, 2.05) is 24.4 Å². The lowest BCUT2D eigenvalue weighted by Crippen LogP contribution is -1.95. The van der Waals surface area contributed by atoms with Gasteiger partial charge in [-0.1, -0.05) is 0 Å². The summed E-state index contributed by atoms with van der Waals surface area (Å²) in [6, 6.07) is 5.41. The number of thiazole rings is 1. The van der Waals surface area contributed by atoms with Crippen LogP contribution in [0.1, 0.15) is 5.69 Å². The van der Waals surface area contributed by atoms with Gasteiger partial charge in [0.2, 0.25) is 11.0 Å². The first-order valence-electron chi connectivity index (χ1n) is 5.36. The van der Waals surface area contributed by atoms with Crippen molar-refractivity contribution in [2.75, 3.05) is 0 Å². The molecule has 6 heteroatoms. The highest BCUT2D eigenvalue weighted by Gasteiger charge is 2.11. The van der Waals surface area contributed by atoms with Crippen LogP contribution in [0.25, 0.3) is 16.4 Å². The SMILES string of the molecule is Cc1cc(O)n(-c2nc(-c3cccnc3)cs2)n1. The fourth-order valence-corrected chi connectivity index (χ4v) is 2.43. The Balaban J connectivity index is 2.02. The summed E-state index contributed by atoms with van der Waals surface area (Å²) >= 11 is 1.43. The standard InChI is InChI=1S/C12H10N4OS/c1-8-5-11(17)16(15-8)12-14-10(7-18-12)9-3-2-4-13-6-9/h2-7,17H,1H3. The Kier molecular flexibility index (Phi) is 2.56. The van der Waals surface area contributed by atoms with Gasteiger partial charge in [0.15, 0.2) is 0 Å². The highest BCUT2D eigenvalue weighted by Crippen LogP contribution is 2.25. The number of pyridine rings is 1. The zero-order valence-electron chi connectivity index (χ0n) is 9.61. The first kappa shape index (κ1) is 10.9. The van der Waals surface area contributed by atoms with Crippen LogP contribution in [0.4, 0.5) is 0 Å². The summed E-state index contributed by atoms with van der Waals surface area (Å²) in [6.45, 7) is 1.83. The first-order valence-corrected chi connectivity index (χ1v) is 6.24. The lowest BCUT2D eigenvalue weighted by Gasteiger charge is -1.96.